The van der Waals surface area contributed by atoms with Crippen LogP contribution in [0.25, 0.3) is 0 Å². The summed E-state index contributed by atoms with van der Waals surface area (Å²) in [5.41, 5.74) is 0. The second-order valence-corrected chi connectivity index (χ2v) is 5.65. The van der Waals surface area contributed by atoms with Crippen LogP contribution >= 0.6 is 11.6 Å². The van der Waals surface area contributed by atoms with E-state index < -0.39 is 0 Å². The standard InChI is InChI=1S/C18H24ClN3O3/c1-20-18(21-8-4-10-23-14-17-7-3-11-24-17)22-9-12-25-16-6-2-5-15(19)13-16/h2-3,5-7,11,13H,4,8-10,12,14H2,1H3,(H2,20,21,22). The fraction of sp³-hybridized carbons (Fsp3) is 0.389. The molecule has 0 aliphatic rings. The van der Waals surface area contributed by atoms with Crippen LogP contribution in [0.1, 0.15) is 12.2 Å². The minimum Gasteiger partial charge on any atom is -0.492 e. The molecule has 1 aromatic carbocycles. The number of nitrogens with zero attached hydrogens (tertiary/aromatic N) is 1. The van der Waals surface area contributed by atoms with Crippen LogP contribution in [0.5, 0.6) is 5.75 Å². The summed E-state index contributed by atoms with van der Waals surface area (Å²) < 4.78 is 16.3. The van der Waals surface area contributed by atoms with Crippen molar-refractivity contribution in [1.82, 2.24) is 10.6 Å². The van der Waals surface area contributed by atoms with E-state index >= 15 is 0 Å². The minimum atomic E-state index is 0.501. The van der Waals surface area contributed by atoms with Crippen molar-refractivity contribution in [3.8, 4) is 5.75 Å². The van der Waals surface area contributed by atoms with Crippen LogP contribution in [0.15, 0.2) is 52.1 Å². The second kappa shape index (κ2) is 11.4. The Bertz CT molecular complexity index is 632. The van der Waals surface area contributed by atoms with Crippen molar-refractivity contribution in [2.45, 2.75) is 13.0 Å². The molecule has 2 aromatic rings. The average molecular weight is 366 g/mol. The monoisotopic (exact) mass is 365 g/mol. The van der Waals surface area contributed by atoms with E-state index in [0.29, 0.717) is 31.4 Å². The molecule has 0 spiro atoms. The number of hydrogen-bond acceptors (Lipinski definition) is 4. The molecule has 0 fully saturated rings. The molecular formula is C18H24ClN3O3. The van der Waals surface area contributed by atoms with Crippen LogP contribution in [0.2, 0.25) is 5.02 Å². The summed E-state index contributed by atoms with van der Waals surface area (Å²) >= 11 is 5.91. The maximum Gasteiger partial charge on any atom is 0.191 e. The molecule has 136 valence electrons. The molecule has 6 nitrogen and oxygen atoms in total. The number of halogens is 1. The highest BCUT2D eigenvalue weighted by atomic mass is 35.5. The molecule has 0 bridgehead atoms. The summed E-state index contributed by atoms with van der Waals surface area (Å²) in [5.74, 6) is 2.33. The maximum absolute atomic E-state index is 5.91. The van der Waals surface area contributed by atoms with Gasteiger partial charge in [-0.25, -0.2) is 0 Å². The number of furan rings is 1. The Morgan fingerprint density at radius 2 is 2.04 bits per heavy atom. The lowest BCUT2D eigenvalue weighted by Crippen LogP contribution is -2.39. The van der Waals surface area contributed by atoms with Gasteiger partial charge in [0.1, 0.15) is 24.7 Å². The third-order valence-corrected chi connectivity index (χ3v) is 3.50. The summed E-state index contributed by atoms with van der Waals surface area (Å²) in [6.07, 6.45) is 2.52. The molecule has 0 unspecified atom stereocenters. The van der Waals surface area contributed by atoms with Crippen LogP contribution in [0.3, 0.4) is 0 Å². The van der Waals surface area contributed by atoms with Gasteiger partial charge in [-0.1, -0.05) is 17.7 Å². The molecular weight excluding hydrogens is 342 g/mol. The van der Waals surface area contributed by atoms with Gasteiger partial charge < -0.3 is 24.5 Å². The lowest BCUT2D eigenvalue weighted by Gasteiger charge is -2.12. The first-order valence-corrected chi connectivity index (χ1v) is 8.59. The Labute approximate surface area is 153 Å². The molecule has 0 amide bonds. The van der Waals surface area contributed by atoms with Crippen molar-refractivity contribution in [1.29, 1.82) is 0 Å². The molecule has 0 saturated carbocycles. The van der Waals surface area contributed by atoms with Gasteiger partial charge in [0, 0.05) is 25.2 Å². The number of ether oxygens (including phenoxy) is 2. The van der Waals surface area contributed by atoms with Gasteiger partial charge in [0.05, 0.1) is 12.8 Å². The highest BCUT2D eigenvalue weighted by molar-refractivity contribution is 6.30. The van der Waals surface area contributed by atoms with Gasteiger partial charge in [0.15, 0.2) is 5.96 Å². The summed E-state index contributed by atoms with van der Waals surface area (Å²) in [5, 5.41) is 7.09. The van der Waals surface area contributed by atoms with E-state index in [1.54, 1.807) is 19.4 Å². The highest BCUT2D eigenvalue weighted by Gasteiger charge is 1.99. The summed E-state index contributed by atoms with van der Waals surface area (Å²) in [4.78, 5) is 4.17. The van der Waals surface area contributed by atoms with Crippen molar-refractivity contribution in [2.75, 3.05) is 33.4 Å². The minimum absolute atomic E-state index is 0.501. The topological polar surface area (TPSA) is 68.0 Å². The van der Waals surface area contributed by atoms with E-state index in [1.165, 1.54) is 0 Å². The van der Waals surface area contributed by atoms with Crippen molar-refractivity contribution >= 4 is 17.6 Å². The average Bonchev–Trinajstić information content (AvgIpc) is 3.13. The highest BCUT2D eigenvalue weighted by Crippen LogP contribution is 2.16. The van der Waals surface area contributed by atoms with Gasteiger partial charge in [0.2, 0.25) is 0 Å². The Kier molecular flexibility index (Phi) is 8.72. The normalized spacial score (nSPS) is 11.4. The lowest BCUT2D eigenvalue weighted by atomic mass is 10.3. The lowest BCUT2D eigenvalue weighted by molar-refractivity contribution is 0.105. The fourth-order valence-corrected chi connectivity index (χ4v) is 2.24. The van der Waals surface area contributed by atoms with E-state index in [9.17, 15) is 0 Å². The molecule has 7 heteroatoms. The fourth-order valence-electron chi connectivity index (χ4n) is 2.06. The van der Waals surface area contributed by atoms with Crippen LogP contribution in [0.4, 0.5) is 0 Å². The van der Waals surface area contributed by atoms with Crippen molar-refractivity contribution in [2.24, 2.45) is 4.99 Å². The van der Waals surface area contributed by atoms with Crippen molar-refractivity contribution in [3.63, 3.8) is 0 Å². The Morgan fingerprint density at radius 3 is 2.80 bits per heavy atom. The Morgan fingerprint density at radius 1 is 1.16 bits per heavy atom. The predicted molar refractivity (Wildman–Crippen MR) is 99.3 cm³/mol. The quantitative estimate of drug-likeness (QED) is 0.385. The van der Waals surface area contributed by atoms with Gasteiger partial charge in [-0.05, 0) is 36.8 Å². The number of guanidine groups is 1. The van der Waals surface area contributed by atoms with Crippen LogP contribution in [0, 0.1) is 0 Å². The van der Waals surface area contributed by atoms with Crippen LogP contribution in [-0.4, -0.2) is 39.3 Å². The van der Waals surface area contributed by atoms with E-state index in [-0.39, 0.29) is 0 Å². The first-order valence-electron chi connectivity index (χ1n) is 8.21. The van der Waals surface area contributed by atoms with Gasteiger partial charge in [0.25, 0.3) is 0 Å². The SMILES string of the molecule is CN=C(NCCCOCc1ccco1)NCCOc1cccc(Cl)c1. The second-order valence-electron chi connectivity index (χ2n) is 5.22. The molecule has 0 aliphatic carbocycles. The molecule has 0 atom stereocenters. The van der Waals surface area contributed by atoms with Gasteiger partial charge in [-0.3, -0.25) is 4.99 Å². The molecule has 2 rings (SSSR count). The Balaban J connectivity index is 1.50. The van der Waals surface area contributed by atoms with Gasteiger partial charge in [-0.2, -0.15) is 0 Å². The van der Waals surface area contributed by atoms with Crippen LogP contribution < -0.4 is 15.4 Å². The molecule has 25 heavy (non-hydrogen) atoms. The summed E-state index contributed by atoms with van der Waals surface area (Å²) in [7, 11) is 1.74. The third kappa shape index (κ3) is 7.96. The molecule has 0 radical (unpaired) electrons. The van der Waals surface area contributed by atoms with Gasteiger partial charge in [-0.15, -0.1) is 0 Å². The van der Waals surface area contributed by atoms with Crippen molar-refractivity contribution < 1.29 is 13.9 Å². The molecule has 1 heterocycles. The summed E-state index contributed by atoms with van der Waals surface area (Å²) in [6, 6.07) is 11.1. The largest absolute Gasteiger partial charge is 0.492 e. The number of rotatable bonds is 10. The van der Waals surface area contributed by atoms with Crippen molar-refractivity contribution in [3.05, 3.63) is 53.4 Å². The molecule has 1 aromatic heterocycles. The zero-order chi connectivity index (χ0) is 17.7. The number of nitrogens with one attached hydrogen (secondary N) is 2. The molecule has 2 N–H and O–H groups in total. The number of hydrogen-bond donors (Lipinski definition) is 2. The molecule has 0 saturated heterocycles. The van der Waals surface area contributed by atoms with E-state index in [2.05, 4.69) is 15.6 Å². The molecule has 0 aliphatic heterocycles. The number of aliphatic imine (C=N–C) groups is 1. The summed E-state index contributed by atoms with van der Waals surface area (Å²) in [6.45, 7) is 3.09. The first kappa shape index (κ1) is 19.1. The first-order chi connectivity index (χ1) is 12.3. The zero-order valence-electron chi connectivity index (χ0n) is 14.3. The van der Waals surface area contributed by atoms with E-state index in [1.807, 2.05) is 30.3 Å². The van der Waals surface area contributed by atoms with E-state index in [4.69, 9.17) is 25.5 Å². The predicted octanol–water partition coefficient (Wildman–Crippen LogP) is 3.08. The van der Waals surface area contributed by atoms with E-state index in [0.717, 1.165) is 30.4 Å². The Hall–Kier alpha value is -2.18. The van der Waals surface area contributed by atoms with Gasteiger partial charge >= 0.3 is 0 Å². The smallest absolute Gasteiger partial charge is 0.191 e. The zero-order valence-corrected chi connectivity index (χ0v) is 15.1. The van der Waals surface area contributed by atoms with Crippen LogP contribution in [-0.2, 0) is 11.3 Å². The third-order valence-electron chi connectivity index (χ3n) is 3.27. The maximum atomic E-state index is 5.91. The number of benzene rings is 1.